The maximum absolute atomic E-state index is 2.30. The zero-order valence-corrected chi connectivity index (χ0v) is 12.6. The molecule has 3 aromatic rings. The van der Waals surface area contributed by atoms with Crippen molar-refractivity contribution in [3.05, 3.63) is 60.8 Å². The van der Waals surface area contributed by atoms with E-state index in [1.165, 1.54) is 40.1 Å². The highest BCUT2D eigenvalue weighted by atomic mass is 32.2. The van der Waals surface area contributed by atoms with E-state index in [9.17, 15) is 0 Å². The van der Waals surface area contributed by atoms with Crippen molar-refractivity contribution in [1.29, 1.82) is 0 Å². The minimum Gasteiger partial charge on any atom is -0.315 e. The smallest absolute Gasteiger partial charge is 0.0540 e. The van der Waals surface area contributed by atoms with E-state index >= 15 is 0 Å². The van der Waals surface area contributed by atoms with Crippen LogP contribution in [-0.2, 0) is 0 Å². The number of para-hydroxylation sites is 2. The Bertz CT molecular complexity index is 685. The summed E-state index contributed by atoms with van der Waals surface area (Å²) in [5, 5.41) is 1.36. The number of aromatic nitrogens is 1. The molecule has 0 bridgehead atoms. The van der Waals surface area contributed by atoms with Crippen molar-refractivity contribution in [3.8, 4) is 5.69 Å². The number of thioether (sulfide) groups is 1. The van der Waals surface area contributed by atoms with Crippen LogP contribution in [0.5, 0.6) is 0 Å². The second-order valence-corrected chi connectivity index (χ2v) is 6.05. The summed E-state index contributed by atoms with van der Waals surface area (Å²) in [6.45, 7) is 2.24. The van der Waals surface area contributed by atoms with Crippen molar-refractivity contribution < 1.29 is 0 Å². The van der Waals surface area contributed by atoms with Crippen molar-refractivity contribution in [1.82, 2.24) is 4.57 Å². The van der Waals surface area contributed by atoms with Gasteiger partial charge in [0, 0.05) is 22.2 Å². The van der Waals surface area contributed by atoms with Gasteiger partial charge in [-0.05, 0) is 30.4 Å². The first-order valence-corrected chi connectivity index (χ1v) is 8.17. The van der Waals surface area contributed by atoms with Gasteiger partial charge in [0.1, 0.15) is 0 Å². The van der Waals surface area contributed by atoms with Crippen LogP contribution in [0.4, 0.5) is 0 Å². The van der Waals surface area contributed by atoms with Gasteiger partial charge in [-0.2, -0.15) is 0 Å². The monoisotopic (exact) mass is 281 g/mol. The lowest BCUT2D eigenvalue weighted by molar-refractivity contribution is 0.896. The second-order valence-electron chi connectivity index (χ2n) is 4.92. The van der Waals surface area contributed by atoms with E-state index in [0.29, 0.717) is 0 Å². The van der Waals surface area contributed by atoms with E-state index < -0.39 is 0 Å². The Morgan fingerprint density at radius 2 is 1.70 bits per heavy atom. The Labute approximate surface area is 124 Å². The summed E-state index contributed by atoms with van der Waals surface area (Å²) < 4.78 is 2.30. The molecule has 1 aromatic heterocycles. The third-order valence-electron chi connectivity index (χ3n) is 3.47. The van der Waals surface area contributed by atoms with Crippen molar-refractivity contribution in [2.45, 2.75) is 24.7 Å². The van der Waals surface area contributed by atoms with E-state index in [4.69, 9.17) is 0 Å². The summed E-state index contributed by atoms with van der Waals surface area (Å²) in [5.74, 6) is 1.19. The normalized spacial score (nSPS) is 11.1. The number of hydrogen-bond donors (Lipinski definition) is 0. The topological polar surface area (TPSA) is 4.93 Å². The van der Waals surface area contributed by atoms with Crippen LogP contribution in [0.2, 0.25) is 0 Å². The average Bonchev–Trinajstić information content (AvgIpc) is 2.88. The predicted octanol–water partition coefficient (Wildman–Crippen LogP) is 5.52. The van der Waals surface area contributed by atoms with Crippen molar-refractivity contribution in [2.75, 3.05) is 5.75 Å². The van der Waals surface area contributed by atoms with Gasteiger partial charge < -0.3 is 4.57 Å². The minimum absolute atomic E-state index is 1.19. The maximum atomic E-state index is 2.30. The Morgan fingerprint density at radius 1 is 0.950 bits per heavy atom. The molecule has 3 rings (SSSR count). The summed E-state index contributed by atoms with van der Waals surface area (Å²) in [4.78, 5) is 1.39. The van der Waals surface area contributed by atoms with E-state index in [1.807, 2.05) is 11.8 Å². The standard InChI is InChI=1S/C18H19NS/c1-2-3-13-20-18-14-19(15-9-5-4-6-10-15)17-12-8-7-11-16(17)18/h4-12,14H,2-3,13H2,1H3. The van der Waals surface area contributed by atoms with Gasteiger partial charge in [0.15, 0.2) is 0 Å². The quantitative estimate of drug-likeness (QED) is 0.440. The Morgan fingerprint density at radius 3 is 2.50 bits per heavy atom. The van der Waals surface area contributed by atoms with Gasteiger partial charge in [0.2, 0.25) is 0 Å². The third kappa shape index (κ3) is 2.61. The molecule has 0 spiro atoms. The number of fused-ring (bicyclic) bond motifs is 1. The van der Waals surface area contributed by atoms with Gasteiger partial charge >= 0.3 is 0 Å². The average molecular weight is 281 g/mol. The SMILES string of the molecule is CCCCSc1cn(-c2ccccc2)c2ccccc12. The summed E-state index contributed by atoms with van der Waals surface area (Å²) in [6, 6.07) is 19.2. The predicted molar refractivity (Wildman–Crippen MR) is 88.9 cm³/mol. The summed E-state index contributed by atoms with van der Waals surface area (Å²) >= 11 is 1.97. The minimum atomic E-state index is 1.19. The number of nitrogens with zero attached hydrogens (tertiary/aromatic N) is 1. The molecular weight excluding hydrogens is 262 g/mol. The molecule has 0 aliphatic carbocycles. The molecule has 1 nitrogen and oxygen atoms in total. The lowest BCUT2D eigenvalue weighted by Crippen LogP contribution is -1.90. The van der Waals surface area contributed by atoms with Gasteiger partial charge in [-0.1, -0.05) is 49.7 Å². The van der Waals surface area contributed by atoms with E-state index in [1.54, 1.807) is 0 Å². The zero-order valence-electron chi connectivity index (χ0n) is 11.8. The van der Waals surface area contributed by atoms with E-state index in [-0.39, 0.29) is 0 Å². The zero-order chi connectivity index (χ0) is 13.8. The molecule has 0 saturated heterocycles. The van der Waals surface area contributed by atoms with E-state index in [0.717, 1.165) is 0 Å². The largest absolute Gasteiger partial charge is 0.315 e. The molecule has 0 amide bonds. The molecule has 2 heteroatoms. The van der Waals surface area contributed by atoms with Crippen LogP contribution >= 0.6 is 11.8 Å². The van der Waals surface area contributed by atoms with Gasteiger partial charge in [-0.25, -0.2) is 0 Å². The van der Waals surface area contributed by atoms with Crippen molar-refractivity contribution in [3.63, 3.8) is 0 Å². The number of hydrogen-bond acceptors (Lipinski definition) is 1. The first-order chi connectivity index (χ1) is 9.90. The van der Waals surface area contributed by atoms with Crippen LogP contribution in [0.3, 0.4) is 0 Å². The highest BCUT2D eigenvalue weighted by molar-refractivity contribution is 7.99. The molecule has 0 N–H and O–H groups in total. The van der Waals surface area contributed by atoms with Crippen LogP contribution in [-0.4, -0.2) is 10.3 Å². The number of unbranched alkanes of at least 4 members (excludes halogenated alkanes) is 1. The highest BCUT2D eigenvalue weighted by Gasteiger charge is 2.09. The summed E-state index contributed by atoms with van der Waals surface area (Å²) in [5.41, 5.74) is 2.52. The fraction of sp³-hybridized carbons (Fsp3) is 0.222. The Kier molecular flexibility index (Phi) is 4.12. The molecule has 0 atom stereocenters. The number of benzene rings is 2. The molecule has 0 aliphatic rings. The molecule has 102 valence electrons. The molecule has 0 saturated carbocycles. The van der Waals surface area contributed by atoms with Crippen LogP contribution in [0.15, 0.2) is 65.7 Å². The van der Waals surface area contributed by atoms with Crippen LogP contribution < -0.4 is 0 Å². The second kappa shape index (κ2) is 6.19. The van der Waals surface area contributed by atoms with Gasteiger partial charge in [0.25, 0.3) is 0 Å². The van der Waals surface area contributed by atoms with E-state index in [2.05, 4.69) is 72.3 Å². The highest BCUT2D eigenvalue weighted by Crippen LogP contribution is 2.32. The van der Waals surface area contributed by atoms with Gasteiger partial charge in [-0.3, -0.25) is 0 Å². The van der Waals surface area contributed by atoms with Crippen LogP contribution in [0.1, 0.15) is 19.8 Å². The van der Waals surface area contributed by atoms with Crippen molar-refractivity contribution >= 4 is 22.7 Å². The fourth-order valence-electron chi connectivity index (χ4n) is 2.39. The summed E-state index contributed by atoms with van der Waals surface area (Å²) in [7, 11) is 0. The van der Waals surface area contributed by atoms with Crippen LogP contribution in [0, 0.1) is 0 Å². The fourth-order valence-corrected chi connectivity index (χ4v) is 3.55. The molecule has 0 aliphatic heterocycles. The lowest BCUT2D eigenvalue weighted by atomic mass is 10.2. The maximum Gasteiger partial charge on any atom is 0.0540 e. The third-order valence-corrected chi connectivity index (χ3v) is 4.59. The van der Waals surface area contributed by atoms with Gasteiger partial charge in [0.05, 0.1) is 5.52 Å². The Hall–Kier alpha value is -1.67. The van der Waals surface area contributed by atoms with Gasteiger partial charge in [-0.15, -0.1) is 11.8 Å². The molecule has 2 aromatic carbocycles. The van der Waals surface area contributed by atoms with Crippen LogP contribution in [0.25, 0.3) is 16.6 Å². The molecular formula is C18H19NS. The Balaban J connectivity index is 2.05. The summed E-state index contributed by atoms with van der Waals surface area (Å²) in [6.07, 6.45) is 4.81. The molecule has 1 heterocycles. The molecule has 0 fully saturated rings. The molecule has 0 unspecified atom stereocenters. The first-order valence-electron chi connectivity index (χ1n) is 7.18. The first kappa shape index (κ1) is 13.3. The van der Waals surface area contributed by atoms with Crippen molar-refractivity contribution in [2.24, 2.45) is 0 Å². The lowest BCUT2D eigenvalue weighted by Gasteiger charge is -2.04. The molecule has 20 heavy (non-hydrogen) atoms. The molecule has 0 radical (unpaired) electrons. The number of rotatable bonds is 5.